The molecular weight excluding hydrogens is 472 g/mol. The third-order valence-electron chi connectivity index (χ3n) is 6.19. The van der Waals surface area contributed by atoms with Crippen molar-refractivity contribution in [1.29, 1.82) is 0 Å². The number of methoxy groups -OCH3 is 1. The highest BCUT2D eigenvalue weighted by molar-refractivity contribution is 6.33. The van der Waals surface area contributed by atoms with Gasteiger partial charge in [0.15, 0.2) is 5.90 Å². The van der Waals surface area contributed by atoms with Gasteiger partial charge in [0.25, 0.3) is 0 Å². The second-order valence-corrected chi connectivity index (χ2v) is 9.08. The fourth-order valence-electron chi connectivity index (χ4n) is 4.12. The van der Waals surface area contributed by atoms with E-state index in [2.05, 4.69) is 35.3 Å². The number of carbonyl (C=O) groups is 1. The summed E-state index contributed by atoms with van der Waals surface area (Å²) in [7, 11) is 1.39. The smallest absolute Gasteiger partial charge is 0.334 e. The van der Waals surface area contributed by atoms with Crippen LogP contribution in [0, 0.1) is 6.92 Å². The van der Waals surface area contributed by atoms with Crippen LogP contribution in [-0.2, 0) is 14.3 Å². The molecular formula is C30H29ClN2O3. The van der Waals surface area contributed by atoms with Crippen molar-refractivity contribution in [2.75, 3.05) is 7.11 Å². The largest absolute Gasteiger partial charge is 0.473 e. The first kappa shape index (κ1) is 25.4. The fraction of sp³-hybridized carbons (Fsp3) is 0.233. The van der Waals surface area contributed by atoms with Crippen molar-refractivity contribution in [1.82, 2.24) is 4.98 Å². The summed E-state index contributed by atoms with van der Waals surface area (Å²) >= 11 is 6.71. The van der Waals surface area contributed by atoms with E-state index in [9.17, 15) is 4.79 Å². The molecule has 2 aromatic carbocycles. The second-order valence-electron chi connectivity index (χ2n) is 8.67. The van der Waals surface area contributed by atoms with E-state index in [4.69, 9.17) is 26.1 Å². The Morgan fingerprint density at radius 3 is 2.53 bits per heavy atom. The molecule has 1 unspecified atom stereocenters. The standard InChI is InChI=1S/C30H29ClN2O3/c1-5-29(36-24-13-8-19(2)25(16-24)30(34)35-4)33-28-17-27(31)26(15-20(28)3)22-11-9-21(10-12-22)23-7-6-14-32-18-23/h6-15,17-18,24H,5,16H2,1-4H3. The number of hydrogen-bond donors (Lipinski definition) is 0. The van der Waals surface area contributed by atoms with Gasteiger partial charge in [-0.2, -0.15) is 0 Å². The van der Waals surface area contributed by atoms with Gasteiger partial charge in [-0.1, -0.05) is 54.9 Å². The van der Waals surface area contributed by atoms with Crippen LogP contribution >= 0.6 is 11.6 Å². The van der Waals surface area contributed by atoms with Crippen LogP contribution in [0.3, 0.4) is 0 Å². The number of aryl methyl sites for hydroxylation is 1. The van der Waals surface area contributed by atoms with Crippen LogP contribution in [0.4, 0.5) is 5.69 Å². The summed E-state index contributed by atoms with van der Waals surface area (Å²) in [5, 5.41) is 0.619. The molecule has 3 aromatic rings. The molecule has 1 aliphatic rings. The lowest BCUT2D eigenvalue weighted by Gasteiger charge is -2.22. The minimum Gasteiger partial charge on any atom is -0.473 e. The molecule has 5 nitrogen and oxygen atoms in total. The van der Waals surface area contributed by atoms with Gasteiger partial charge < -0.3 is 9.47 Å². The van der Waals surface area contributed by atoms with E-state index in [-0.39, 0.29) is 12.1 Å². The first-order valence-corrected chi connectivity index (χ1v) is 12.3. The first-order chi connectivity index (χ1) is 17.4. The summed E-state index contributed by atoms with van der Waals surface area (Å²) in [6.07, 6.45) is 8.23. The SMILES string of the molecule is CCC(=Nc1cc(Cl)c(-c2ccc(-c3cccnc3)cc2)cc1C)OC1C=CC(C)=C(C(=O)OC)C1. The van der Waals surface area contributed by atoms with Crippen LogP contribution < -0.4 is 0 Å². The topological polar surface area (TPSA) is 60.8 Å². The first-order valence-electron chi connectivity index (χ1n) is 11.9. The average Bonchev–Trinajstić information content (AvgIpc) is 2.91. The lowest BCUT2D eigenvalue weighted by atomic mass is 9.96. The lowest BCUT2D eigenvalue weighted by Crippen LogP contribution is -2.22. The predicted molar refractivity (Wildman–Crippen MR) is 146 cm³/mol. The van der Waals surface area contributed by atoms with Crippen molar-refractivity contribution >= 4 is 29.2 Å². The number of aliphatic imine (C=N–C) groups is 1. The zero-order chi connectivity index (χ0) is 25.7. The van der Waals surface area contributed by atoms with E-state index in [0.717, 1.165) is 39.1 Å². The van der Waals surface area contributed by atoms with E-state index in [1.54, 1.807) is 6.20 Å². The Kier molecular flexibility index (Phi) is 8.01. The summed E-state index contributed by atoms with van der Waals surface area (Å²) < 4.78 is 11.1. The van der Waals surface area contributed by atoms with Crippen molar-refractivity contribution in [3.05, 3.63) is 94.8 Å². The van der Waals surface area contributed by atoms with Gasteiger partial charge in [0, 0.05) is 36.4 Å². The van der Waals surface area contributed by atoms with Crippen molar-refractivity contribution in [3.63, 3.8) is 0 Å². The number of allylic oxidation sites excluding steroid dienone is 2. The van der Waals surface area contributed by atoms with Crippen LogP contribution in [0.15, 0.2) is 89.2 Å². The van der Waals surface area contributed by atoms with Gasteiger partial charge in [0.2, 0.25) is 0 Å². The molecule has 6 heteroatoms. The Morgan fingerprint density at radius 1 is 1.11 bits per heavy atom. The molecule has 0 spiro atoms. The molecule has 0 bridgehead atoms. The molecule has 0 saturated heterocycles. The molecule has 0 aliphatic heterocycles. The van der Waals surface area contributed by atoms with Crippen LogP contribution in [0.1, 0.15) is 32.3 Å². The lowest BCUT2D eigenvalue weighted by molar-refractivity contribution is -0.136. The van der Waals surface area contributed by atoms with Gasteiger partial charge in [-0.05, 0) is 65.9 Å². The molecule has 1 aromatic heterocycles. The third-order valence-corrected chi connectivity index (χ3v) is 6.50. The van der Waals surface area contributed by atoms with E-state index in [1.165, 1.54) is 7.11 Å². The predicted octanol–water partition coefficient (Wildman–Crippen LogP) is 7.65. The summed E-state index contributed by atoms with van der Waals surface area (Å²) in [4.78, 5) is 21.0. The highest BCUT2D eigenvalue weighted by Crippen LogP contribution is 2.35. The molecule has 0 fully saturated rings. The van der Waals surface area contributed by atoms with Gasteiger partial charge in [0.05, 0.1) is 17.8 Å². The molecule has 1 aliphatic carbocycles. The van der Waals surface area contributed by atoms with Gasteiger partial charge >= 0.3 is 5.97 Å². The quantitative estimate of drug-likeness (QED) is 0.198. The minimum absolute atomic E-state index is 0.283. The van der Waals surface area contributed by atoms with Gasteiger partial charge in [0.1, 0.15) is 6.10 Å². The number of esters is 1. The Balaban J connectivity index is 1.54. The molecule has 4 rings (SSSR count). The van der Waals surface area contributed by atoms with Crippen molar-refractivity contribution in [3.8, 4) is 22.3 Å². The third kappa shape index (κ3) is 5.74. The van der Waals surface area contributed by atoms with Crippen LogP contribution in [0.5, 0.6) is 0 Å². The fourth-order valence-corrected chi connectivity index (χ4v) is 4.38. The summed E-state index contributed by atoms with van der Waals surface area (Å²) in [6.45, 7) is 5.90. The maximum absolute atomic E-state index is 12.1. The average molecular weight is 501 g/mol. The van der Waals surface area contributed by atoms with Gasteiger partial charge in [-0.15, -0.1) is 0 Å². The molecule has 0 amide bonds. The second kappa shape index (κ2) is 11.4. The van der Waals surface area contributed by atoms with E-state index in [0.29, 0.717) is 29.3 Å². The number of benzene rings is 2. The summed E-state index contributed by atoms with van der Waals surface area (Å²) in [5.41, 5.74) is 7.41. The van der Waals surface area contributed by atoms with Crippen molar-refractivity contribution in [2.45, 2.75) is 39.7 Å². The molecule has 0 saturated carbocycles. The normalized spacial score (nSPS) is 15.7. The number of hydrogen-bond acceptors (Lipinski definition) is 5. The Labute approximate surface area is 217 Å². The Hall–Kier alpha value is -3.70. The van der Waals surface area contributed by atoms with Gasteiger partial charge in [-0.3, -0.25) is 4.98 Å². The molecule has 36 heavy (non-hydrogen) atoms. The monoisotopic (exact) mass is 500 g/mol. The summed E-state index contributed by atoms with van der Waals surface area (Å²) in [6, 6.07) is 16.2. The molecule has 184 valence electrons. The number of halogens is 1. The maximum atomic E-state index is 12.1. The number of carbonyl (C=O) groups excluding carboxylic acids is 1. The van der Waals surface area contributed by atoms with E-state index in [1.807, 2.05) is 57.3 Å². The van der Waals surface area contributed by atoms with Gasteiger partial charge in [-0.25, -0.2) is 9.79 Å². The Morgan fingerprint density at radius 2 is 1.86 bits per heavy atom. The number of ether oxygens (including phenoxy) is 2. The number of nitrogens with zero attached hydrogens (tertiary/aromatic N) is 2. The summed E-state index contributed by atoms with van der Waals surface area (Å²) in [5.74, 6) is 0.258. The van der Waals surface area contributed by atoms with E-state index >= 15 is 0 Å². The van der Waals surface area contributed by atoms with Crippen molar-refractivity contribution in [2.24, 2.45) is 4.99 Å². The van der Waals surface area contributed by atoms with Crippen LogP contribution in [0.2, 0.25) is 5.02 Å². The number of aromatic nitrogens is 1. The highest BCUT2D eigenvalue weighted by atomic mass is 35.5. The van der Waals surface area contributed by atoms with Crippen molar-refractivity contribution < 1.29 is 14.3 Å². The molecule has 1 atom stereocenters. The molecule has 0 N–H and O–H groups in total. The zero-order valence-electron chi connectivity index (χ0n) is 20.9. The minimum atomic E-state index is -0.327. The van der Waals surface area contributed by atoms with Crippen LogP contribution in [0.25, 0.3) is 22.3 Å². The zero-order valence-corrected chi connectivity index (χ0v) is 21.7. The molecule has 0 radical (unpaired) electrons. The van der Waals surface area contributed by atoms with Crippen LogP contribution in [-0.4, -0.2) is 30.1 Å². The number of rotatable bonds is 6. The number of pyridine rings is 1. The molecule has 1 heterocycles. The highest BCUT2D eigenvalue weighted by Gasteiger charge is 2.22. The Bertz CT molecular complexity index is 1340. The maximum Gasteiger partial charge on any atom is 0.334 e. The van der Waals surface area contributed by atoms with E-state index < -0.39 is 0 Å².